The topological polar surface area (TPSA) is 66.6 Å². The standard InChI is InChI=1S/C14H26N2O2S/c1-19-9-5-12(15)13(17)16-8-7-14(18)6-3-2-4-11(14)10-16/h11-12,18H,2-10,15H2,1H3/t11?,12-,14?/m0/s1. The van der Waals surface area contributed by atoms with Gasteiger partial charge in [-0.05, 0) is 37.7 Å². The van der Waals surface area contributed by atoms with Crippen LogP contribution in [0.4, 0.5) is 0 Å². The number of carbonyl (C=O) groups is 1. The molecular weight excluding hydrogens is 260 g/mol. The highest BCUT2D eigenvalue weighted by Crippen LogP contribution is 2.39. The summed E-state index contributed by atoms with van der Waals surface area (Å²) in [7, 11) is 0. The number of aliphatic hydroxyl groups is 1. The maximum atomic E-state index is 12.3. The minimum absolute atomic E-state index is 0.0710. The Hall–Kier alpha value is -0.260. The van der Waals surface area contributed by atoms with Crippen LogP contribution in [0.1, 0.15) is 38.5 Å². The van der Waals surface area contributed by atoms with Crippen LogP contribution in [0.5, 0.6) is 0 Å². The Labute approximate surface area is 120 Å². The lowest BCUT2D eigenvalue weighted by Crippen LogP contribution is -2.57. The third-order valence-electron chi connectivity index (χ3n) is 4.69. The Morgan fingerprint density at radius 3 is 3.05 bits per heavy atom. The van der Waals surface area contributed by atoms with Crippen molar-refractivity contribution in [2.24, 2.45) is 11.7 Å². The molecule has 1 heterocycles. The summed E-state index contributed by atoms with van der Waals surface area (Å²) in [6.45, 7) is 1.36. The first-order valence-electron chi connectivity index (χ1n) is 7.32. The van der Waals surface area contributed by atoms with Crippen LogP contribution >= 0.6 is 11.8 Å². The molecule has 0 radical (unpaired) electrons. The van der Waals surface area contributed by atoms with Crippen molar-refractivity contribution in [1.82, 2.24) is 4.90 Å². The number of likely N-dealkylation sites (tertiary alicyclic amines) is 1. The summed E-state index contributed by atoms with van der Waals surface area (Å²) in [4.78, 5) is 14.2. The first-order chi connectivity index (χ1) is 9.07. The van der Waals surface area contributed by atoms with Crippen molar-refractivity contribution in [2.45, 2.75) is 50.2 Å². The van der Waals surface area contributed by atoms with E-state index in [4.69, 9.17) is 5.73 Å². The van der Waals surface area contributed by atoms with E-state index in [1.807, 2.05) is 11.2 Å². The molecule has 19 heavy (non-hydrogen) atoms. The van der Waals surface area contributed by atoms with E-state index in [-0.39, 0.29) is 17.9 Å². The number of nitrogens with zero attached hydrogens (tertiary/aromatic N) is 1. The van der Waals surface area contributed by atoms with Gasteiger partial charge < -0.3 is 15.7 Å². The van der Waals surface area contributed by atoms with Crippen LogP contribution < -0.4 is 5.73 Å². The zero-order chi connectivity index (χ0) is 13.9. The fourth-order valence-corrected chi connectivity index (χ4v) is 3.86. The van der Waals surface area contributed by atoms with Gasteiger partial charge >= 0.3 is 0 Å². The summed E-state index contributed by atoms with van der Waals surface area (Å²) < 4.78 is 0. The molecule has 0 aromatic carbocycles. The number of nitrogens with two attached hydrogens (primary N) is 1. The van der Waals surface area contributed by atoms with Crippen molar-refractivity contribution in [1.29, 1.82) is 0 Å². The second-order valence-corrected chi connectivity index (χ2v) is 6.95. The van der Waals surface area contributed by atoms with Crippen molar-refractivity contribution < 1.29 is 9.90 Å². The zero-order valence-corrected chi connectivity index (χ0v) is 12.6. The van der Waals surface area contributed by atoms with Crippen molar-refractivity contribution in [3.63, 3.8) is 0 Å². The minimum atomic E-state index is -0.515. The summed E-state index contributed by atoms with van der Waals surface area (Å²) in [5.41, 5.74) is 5.45. The average molecular weight is 286 g/mol. The molecule has 1 amide bonds. The molecule has 0 spiro atoms. The number of fused-ring (bicyclic) bond motifs is 1. The van der Waals surface area contributed by atoms with Crippen molar-refractivity contribution >= 4 is 17.7 Å². The lowest BCUT2D eigenvalue weighted by atomic mass is 9.71. The van der Waals surface area contributed by atoms with Crippen molar-refractivity contribution in [3.8, 4) is 0 Å². The first-order valence-corrected chi connectivity index (χ1v) is 8.72. The molecule has 2 fully saturated rings. The van der Waals surface area contributed by atoms with E-state index in [0.717, 1.165) is 37.9 Å². The summed E-state index contributed by atoms with van der Waals surface area (Å²) in [6.07, 6.45) is 7.73. The summed E-state index contributed by atoms with van der Waals surface area (Å²) in [5, 5.41) is 10.6. The number of amides is 1. The molecular formula is C14H26N2O2S. The van der Waals surface area contributed by atoms with Crippen LogP contribution in [0.3, 0.4) is 0 Å². The number of carbonyl (C=O) groups excluding carboxylic acids is 1. The Morgan fingerprint density at radius 2 is 2.32 bits per heavy atom. The van der Waals surface area contributed by atoms with Gasteiger partial charge in [-0.15, -0.1) is 0 Å². The van der Waals surface area contributed by atoms with Crippen LogP contribution in [0, 0.1) is 5.92 Å². The highest BCUT2D eigenvalue weighted by atomic mass is 32.2. The molecule has 1 aliphatic carbocycles. The lowest BCUT2D eigenvalue weighted by molar-refractivity contribution is -0.144. The lowest BCUT2D eigenvalue weighted by Gasteiger charge is -2.47. The highest BCUT2D eigenvalue weighted by Gasteiger charge is 2.44. The van der Waals surface area contributed by atoms with E-state index in [9.17, 15) is 9.90 Å². The summed E-state index contributed by atoms with van der Waals surface area (Å²) in [6, 6.07) is -0.373. The maximum absolute atomic E-state index is 12.3. The molecule has 0 aromatic rings. The fraction of sp³-hybridized carbons (Fsp3) is 0.929. The third-order valence-corrected chi connectivity index (χ3v) is 5.33. The van der Waals surface area contributed by atoms with Gasteiger partial charge in [0.1, 0.15) is 0 Å². The first kappa shape index (κ1) is 15.1. The van der Waals surface area contributed by atoms with Crippen LogP contribution in [-0.4, -0.2) is 52.7 Å². The van der Waals surface area contributed by atoms with E-state index >= 15 is 0 Å². The zero-order valence-electron chi connectivity index (χ0n) is 11.8. The van der Waals surface area contributed by atoms with Gasteiger partial charge in [-0.2, -0.15) is 11.8 Å². The van der Waals surface area contributed by atoms with Gasteiger partial charge in [-0.3, -0.25) is 4.79 Å². The smallest absolute Gasteiger partial charge is 0.239 e. The third kappa shape index (κ3) is 3.44. The number of rotatable bonds is 4. The number of piperidine rings is 1. The van der Waals surface area contributed by atoms with Gasteiger partial charge in [0.25, 0.3) is 0 Å². The Morgan fingerprint density at radius 1 is 1.53 bits per heavy atom. The van der Waals surface area contributed by atoms with E-state index < -0.39 is 5.60 Å². The molecule has 2 unspecified atom stereocenters. The Balaban J connectivity index is 1.91. The van der Waals surface area contributed by atoms with E-state index in [2.05, 4.69) is 0 Å². The predicted octanol–water partition coefficient (Wildman–Crippen LogP) is 1.22. The Bertz CT molecular complexity index is 327. The molecule has 0 aromatic heterocycles. The van der Waals surface area contributed by atoms with E-state index in [1.165, 1.54) is 6.42 Å². The molecule has 1 aliphatic heterocycles. The quantitative estimate of drug-likeness (QED) is 0.815. The normalized spacial score (nSPS) is 32.8. The second kappa shape index (κ2) is 6.46. The summed E-state index contributed by atoms with van der Waals surface area (Å²) in [5.74, 6) is 1.25. The molecule has 0 bridgehead atoms. The van der Waals surface area contributed by atoms with Crippen LogP contribution in [0.25, 0.3) is 0 Å². The van der Waals surface area contributed by atoms with Crippen LogP contribution in [0.15, 0.2) is 0 Å². The molecule has 2 rings (SSSR count). The van der Waals surface area contributed by atoms with Crippen LogP contribution in [0.2, 0.25) is 0 Å². The SMILES string of the molecule is CSCC[C@H](N)C(=O)N1CCC2(O)CCCCC2C1. The number of hydrogen-bond acceptors (Lipinski definition) is 4. The van der Waals surface area contributed by atoms with Crippen molar-refractivity contribution in [3.05, 3.63) is 0 Å². The van der Waals surface area contributed by atoms with Gasteiger partial charge in [-0.1, -0.05) is 12.8 Å². The van der Waals surface area contributed by atoms with Crippen molar-refractivity contribution in [2.75, 3.05) is 25.1 Å². The summed E-state index contributed by atoms with van der Waals surface area (Å²) >= 11 is 1.72. The molecule has 4 nitrogen and oxygen atoms in total. The molecule has 5 heteroatoms. The van der Waals surface area contributed by atoms with Gasteiger partial charge in [0.05, 0.1) is 11.6 Å². The number of thioether (sulfide) groups is 1. The van der Waals surface area contributed by atoms with Gasteiger partial charge in [0.15, 0.2) is 0 Å². The average Bonchev–Trinajstić information content (AvgIpc) is 2.42. The highest BCUT2D eigenvalue weighted by molar-refractivity contribution is 7.98. The number of hydrogen-bond donors (Lipinski definition) is 2. The maximum Gasteiger partial charge on any atom is 0.239 e. The van der Waals surface area contributed by atoms with Gasteiger partial charge in [0.2, 0.25) is 5.91 Å². The van der Waals surface area contributed by atoms with Crippen LogP contribution in [-0.2, 0) is 4.79 Å². The largest absolute Gasteiger partial charge is 0.389 e. The van der Waals surface area contributed by atoms with E-state index in [1.54, 1.807) is 11.8 Å². The molecule has 2 aliphatic rings. The van der Waals surface area contributed by atoms with E-state index in [0.29, 0.717) is 13.1 Å². The predicted molar refractivity (Wildman–Crippen MR) is 79.1 cm³/mol. The minimum Gasteiger partial charge on any atom is -0.389 e. The molecule has 3 N–H and O–H groups in total. The van der Waals surface area contributed by atoms with Gasteiger partial charge in [0, 0.05) is 19.0 Å². The fourth-order valence-electron chi connectivity index (χ4n) is 3.37. The second-order valence-electron chi connectivity index (χ2n) is 5.97. The van der Waals surface area contributed by atoms with Gasteiger partial charge in [-0.25, -0.2) is 0 Å². The Kier molecular flexibility index (Phi) is 5.15. The monoisotopic (exact) mass is 286 g/mol. The molecule has 1 saturated heterocycles. The molecule has 3 atom stereocenters. The molecule has 1 saturated carbocycles. The molecule has 110 valence electrons.